The van der Waals surface area contributed by atoms with E-state index in [-0.39, 0.29) is 22.7 Å². The molecule has 142 valence electrons. The van der Waals surface area contributed by atoms with Crippen LogP contribution in [0.15, 0.2) is 53.6 Å². The number of nitrogens with one attached hydrogen (secondary N) is 2. The summed E-state index contributed by atoms with van der Waals surface area (Å²) in [5, 5.41) is 13.3. The van der Waals surface area contributed by atoms with E-state index in [2.05, 4.69) is 21.9 Å². The number of carbonyl (C=O) groups is 1. The smallest absolute Gasteiger partial charge is 0.258 e. The molecule has 3 N–H and O–H groups in total. The maximum atomic E-state index is 12.0. The minimum Gasteiger partial charge on any atom is -0.506 e. The zero-order valence-corrected chi connectivity index (χ0v) is 15.7. The number of phenols is 1. The standard InChI is InChI=1S/C20H24N4O3/c1-5-14(7-6-13(2)19(26)21-8-9-24(3)4)15-10-16-18(17(25)11-15)22-12-23-20(16)27/h5-7,10-12,25H,2,8-9H2,1,3-4H3,(H,21,26)(H,22,23,27)/b7-6-,14-5+. The number of phenolic OH excluding ortho intramolecular Hbond substituents is 1. The van der Waals surface area contributed by atoms with E-state index in [1.165, 1.54) is 12.4 Å². The molecule has 0 aliphatic heterocycles. The van der Waals surface area contributed by atoms with E-state index >= 15 is 0 Å². The van der Waals surface area contributed by atoms with Crippen molar-refractivity contribution >= 4 is 22.4 Å². The van der Waals surface area contributed by atoms with Crippen LogP contribution in [0.5, 0.6) is 5.75 Å². The molecule has 7 heteroatoms. The van der Waals surface area contributed by atoms with Gasteiger partial charge in [-0.25, -0.2) is 4.98 Å². The number of rotatable bonds is 7. The van der Waals surface area contributed by atoms with Crippen molar-refractivity contribution in [1.29, 1.82) is 0 Å². The Balaban J connectivity index is 2.20. The highest BCUT2D eigenvalue weighted by Crippen LogP contribution is 2.27. The first-order valence-corrected chi connectivity index (χ1v) is 8.50. The summed E-state index contributed by atoms with van der Waals surface area (Å²) >= 11 is 0. The molecule has 2 rings (SSSR count). The highest BCUT2D eigenvalue weighted by molar-refractivity contribution is 5.96. The maximum absolute atomic E-state index is 12.0. The second-order valence-corrected chi connectivity index (χ2v) is 6.28. The van der Waals surface area contributed by atoms with Crippen molar-refractivity contribution in [3.05, 3.63) is 64.8 Å². The average molecular weight is 368 g/mol. The van der Waals surface area contributed by atoms with Gasteiger partial charge in [-0.05, 0) is 50.4 Å². The van der Waals surface area contributed by atoms with Gasteiger partial charge in [0.1, 0.15) is 11.3 Å². The summed E-state index contributed by atoms with van der Waals surface area (Å²) in [5.74, 6) is -0.327. The van der Waals surface area contributed by atoms with Gasteiger partial charge in [0.05, 0.1) is 11.7 Å². The van der Waals surface area contributed by atoms with Gasteiger partial charge >= 0.3 is 0 Å². The number of benzene rings is 1. The lowest BCUT2D eigenvalue weighted by atomic mass is 10.0. The second-order valence-electron chi connectivity index (χ2n) is 6.28. The van der Waals surface area contributed by atoms with Crippen LogP contribution in [0.1, 0.15) is 12.5 Å². The van der Waals surface area contributed by atoms with Crippen molar-refractivity contribution in [2.45, 2.75) is 6.92 Å². The molecule has 7 nitrogen and oxygen atoms in total. The number of aromatic hydroxyl groups is 1. The number of allylic oxidation sites excluding steroid dienone is 3. The largest absolute Gasteiger partial charge is 0.506 e. The van der Waals surface area contributed by atoms with Crippen molar-refractivity contribution in [2.24, 2.45) is 0 Å². The van der Waals surface area contributed by atoms with E-state index in [1.54, 1.807) is 18.2 Å². The van der Waals surface area contributed by atoms with Gasteiger partial charge in [-0.2, -0.15) is 0 Å². The molecule has 1 aromatic heterocycles. The van der Waals surface area contributed by atoms with Gasteiger partial charge in [0, 0.05) is 18.7 Å². The Morgan fingerprint density at radius 3 is 2.78 bits per heavy atom. The van der Waals surface area contributed by atoms with Gasteiger partial charge in [-0.1, -0.05) is 18.7 Å². The zero-order valence-electron chi connectivity index (χ0n) is 15.7. The number of amides is 1. The van der Waals surface area contributed by atoms with E-state index in [0.29, 0.717) is 23.1 Å². The lowest BCUT2D eigenvalue weighted by Gasteiger charge is -2.10. The van der Waals surface area contributed by atoms with Gasteiger partial charge in [-0.3, -0.25) is 9.59 Å². The first-order valence-electron chi connectivity index (χ1n) is 8.50. The molecule has 0 aliphatic carbocycles. The van der Waals surface area contributed by atoms with Crippen LogP contribution in [-0.4, -0.2) is 53.1 Å². The highest BCUT2D eigenvalue weighted by atomic mass is 16.3. The molecule has 0 aliphatic rings. The first-order chi connectivity index (χ1) is 12.8. The molecule has 0 saturated heterocycles. The van der Waals surface area contributed by atoms with Crippen LogP contribution in [-0.2, 0) is 4.79 Å². The minimum atomic E-state index is -0.332. The van der Waals surface area contributed by atoms with Crippen molar-refractivity contribution in [1.82, 2.24) is 20.2 Å². The molecule has 0 spiro atoms. The molecule has 0 unspecified atom stereocenters. The number of aromatic nitrogens is 2. The zero-order chi connectivity index (χ0) is 20.0. The fraction of sp³-hybridized carbons (Fsp3) is 0.250. The fourth-order valence-electron chi connectivity index (χ4n) is 2.46. The van der Waals surface area contributed by atoms with E-state index < -0.39 is 0 Å². The summed E-state index contributed by atoms with van der Waals surface area (Å²) < 4.78 is 0. The number of likely N-dealkylation sites (N-methyl/N-ethyl adjacent to an activating group) is 1. The number of hydrogen-bond donors (Lipinski definition) is 3. The van der Waals surface area contributed by atoms with Crippen LogP contribution in [0.25, 0.3) is 16.5 Å². The van der Waals surface area contributed by atoms with E-state index in [9.17, 15) is 14.7 Å². The third kappa shape index (κ3) is 5.15. The number of fused-ring (bicyclic) bond motifs is 1. The van der Waals surface area contributed by atoms with Gasteiger partial charge < -0.3 is 20.3 Å². The fourth-order valence-corrected chi connectivity index (χ4v) is 2.46. The molecule has 0 atom stereocenters. The quantitative estimate of drug-likeness (QED) is 0.512. The number of carbonyl (C=O) groups excluding carboxylic acids is 1. The summed E-state index contributed by atoms with van der Waals surface area (Å²) in [6, 6.07) is 3.19. The van der Waals surface area contributed by atoms with Crippen LogP contribution in [0, 0.1) is 0 Å². The summed E-state index contributed by atoms with van der Waals surface area (Å²) in [5.41, 5.74) is 1.60. The molecular weight excluding hydrogens is 344 g/mol. The predicted molar refractivity (Wildman–Crippen MR) is 108 cm³/mol. The molecule has 0 bridgehead atoms. The third-order valence-corrected chi connectivity index (χ3v) is 3.97. The Kier molecular flexibility index (Phi) is 6.67. The van der Waals surface area contributed by atoms with Crippen molar-refractivity contribution < 1.29 is 9.90 Å². The predicted octanol–water partition coefficient (Wildman–Crippen LogP) is 1.82. The Bertz CT molecular complexity index is 971. The van der Waals surface area contributed by atoms with Gasteiger partial charge in [0.2, 0.25) is 0 Å². The first kappa shape index (κ1) is 20.1. The van der Waals surface area contributed by atoms with Crippen molar-refractivity contribution in [3.8, 4) is 5.75 Å². The molecule has 1 aromatic carbocycles. The second kappa shape index (κ2) is 8.95. The highest BCUT2D eigenvalue weighted by Gasteiger charge is 2.09. The lowest BCUT2D eigenvalue weighted by Crippen LogP contribution is -2.31. The molecule has 1 heterocycles. The molecule has 0 radical (unpaired) electrons. The topological polar surface area (TPSA) is 98.3 Å². The summed E-state index contributed by atoms with van der Waals surface area (Å²) in [6.45, 7) is 6.88. The SMILES string of the molecule is C=C(/C=C\C(=C/C)c1cc(O)c2nc[nH]c(=O)c2c1)C(=O)NCCN(C)C. The van der Waals surface area contributed by atoms with E-state index in [0.717, 1.165) is 12.1 Å². The summed E-state index contributed by atoms with van der Waals surface area (Å²) in [4.78, 5) is 32.5. The average Bonchev–Trinajstić information content (AvgIpc) is 2.62. The van der Waals surface area contributed by atoms with Crippen LogP contribution in [0.2, 0.25) is 0 Å². The maximum Gasteiger partial charge on any atom is 0.258 e. The lowest BCUT2D eigenvalue weighted by molar-refractivity contribution is -0.117. The monoisotopic (exact) mass is 368 g/mol. The number of hydrogen-bond acceptors (Lipinski definition) is 5. The Morgan fingerprint density at radius 1 is 1.37 bits per heavy atom. The minimum absolute atomic E-state index is 0.0818. The van der Waals surface area contributed by atoms with Crippen LogP contribution in [0.4, 0.5) is 0 Å². The van der Waals surface area contributed by atoms with Crippen LogP contribution in [0.3, 0.4) is 0 Å². The molecular formula is C20H24N4O3. The molecule has 2 aromatic rings. The Morgan fingerprint density at radius 2 is 2.11 bits per heavy atom. The molecule has 0 saturated carbocycles. The van der Waals surface area contributed by atoms with E-state index in [4.69, 9.17) is 0 Å². The number of nitrogens with zero attached hydrogens (tertiary/aromatic N) is 2. The molecule has 27 heavy (non-hydrogen) atoms. The normalized spacial score (nSPS) is 12.1. The van der Waals surface area contributed by atoms with Gasteiger partial charge in [0.25, 0.3) is 11.5 Å². The van der Waals surface area contributed by atoms with Crippen molar-refractivity contribution in [2.75, 3.05) is 27.2 Å². The number of H-pyrrole nitrogens is 1. The van der Waals surface area contributed by atoms with E-state index in [1.807, 2.05) is 32.0 Å². The molecule has 0 fully saturated rings. The van der Waals surface area contributed by atoms with Gasteiger partial charge in [-0.15, -0.1) is 0 Å². The summed E-state index contributed by atoms with van der Waals surface area (Å²) in [6.07, 6.45) is 6.40. The van der Waals surface area contributed by atoms with Crippen molar-refractivity contribution in [3.63, 3.8) is 0 Å². The van der Waals surface area contributed by atoms with Crippen LogP contribution < -0.4 is 10.9 Å². The van der Waals surface area contributed by atoms with Gasteiger partial charge in [0.15, 0.2) is 0 Å². The van der Waals surface area contributed by atoms with Crippen LogP contribution >= 0.6 is 0 Å². The molecule has 1 amide bonds. The summed E-state index contributed by atoms with van der Waals surface area (Å²) in [7, 11) is 3.86. The Labute approximate surface area is 157 Å². The third-order valence-electron chi connectivity index (χ3n) is 3.97. The Hall–Kier alpha value is -3.19. The number of aromatic amines is 1.